The molecule has 0 atom stereocenters. The second-order valence-electron chi connectivity index (χ2n) is 20.0. The van der Waals surface area contributed by atoms with Gasteiger partial charge in [-0.1, -0.05) is 204 Å². The summed E-state index contributed by atoms with van der Waals surface area (Å²) in [6.45, 7) is 9.62. The molecular weight excluding hydrogens is 795 g/mol. The van der Waals surface area contributed by atoms with Crippen molar-refractivity contribution in [1.82, 2.24) is 0 Å². The monoisotopic (exact) mass is 841 g/mol. The minimum atomic E-state index is -0.459. The predicted octanol–water partition coefficient (Wildman–Crippen LogP) is 16.9. The van der Waals surface area contributed by atoms with Crippen molar-refractivity contribution in [2.45, 2.75) is 43.9 Å². The summed E-state index contributed by atoms with van der Waals surface area (Å²) in [5.74, 6) is 0. The summed E-state index contributed by atoms with van der Waals surface area (Å²) in [4.78, 5) is 2.59. The highest BCUT2D eigenvalue weighted by molar-refractivity contribution is 6.08. The standard InChI is InChI=1S/C65H47N/c1-63(2)54-26-14-10-20-44(54)48-33-31-42(37-59(48)63)66(61-39-53-52-36-41(40-18-6-5-7-19-40)30-35-55(52)64(3,4)62(53)51-25-9-8-24-50(51)61)43-32-34-49-47-23-13-17-29-58(47)65(60(49)38-43)56-27-15-11-21-45(56)46-22-12-16-28-57(46)65/h5-39H,1-4H3. The summed E-state index contributed by atoms with van der Waals surface area (Å²) >= 11 is 0. The molecule has 10 aromatic rings. The Labute approximate surface area is 387 Å². The number of rotatable bonds is 4. The maximum Gasteiger partial charge on any atom is 0.0726 e. The smallest absolute Gasteiger partial charge is 0.0726 e. The molecule has 10 aromatic carbocycles. The first-order chi connectivity index (χ1) is 32.3. The van der Waals surface area contributed by atoms with Crippen LogP contribution in [0.1, 0.15) is 72.2 Å². The minimum absolute atomic E-state index is 0.161. The van der Waals surface area contributed by atoms with E-state index in [-0.39, 0.29) is 10.8 Å². The molecule has 4 aliphatic rings. The van der Waals surface area contributed by atoms with Crippen molar-refractivity contribution in [3.8, 4) is 55.6 Å². The van der Waals surface area contributed by atoms with Crippen LogP contribution in [0.25, 0.3) is 66.4 Å². The van der Waals surface area contributed by atoms with Crippen LogP contribution in [0.5, 0.6) is 0 Å². The van der Waals surface area contributed by atoms with E-state index in [0.717, 1.165) is 11.4 Å². The molecule has 0 aliphatic heterocycles. The van der Waals surface area contributed by atoms with Crippen LogP contribution in [0.2, 0.25) is 0 Å². The average molecular weight is 842 g/mol. The zero-order valence-corrected chi connectivity index (χ0v) is 37.7. The fourth-order valence-corrected chi connectivity index (χ4v) is 13.2. The lowest BCUT2D eigenvalue weighted by atomic mass is 9.70. The quantitative estimate of drug-likeness (QED) is 0.171. The van der Waals surface area contributed by atoms with Crippen molar-refractivity contribution in [2.24, 2.45) is 0 Å². The van der Waals surface area contributed by atoms with Crippen molar-refractivity contribution in [3.05, 3.63) is 257 Å². The highest BCUT2D eigenvalue weighted by Crippen LogP contribution is 2.64. The number of anilines is 3. The molecule has 0 saturated heterocycles. The van der Waals surface area contributed by atoms with E-state index in [4.69, 9.17) is 0 Å². The van der Waals surface area contributed by atoms with E-state index < -0.39 is 5.41 Å². The lowest BCUT2D eigenvalue weighted by molar-refractivity contribution is 0.660. The molecule has 66 heavy (non-hydrogen) atoms. The van der Waals surface area contributed by atoms with Gasteiger partial charge in [0.05, 0.1) is 11.1 Å². The highest BCUT2D eigenvalue weighted by atomic mass is 15.1. The molecule has 0 bridgehead atoms. The summed E-state index contributed by atoms with van der Waals surface area (Å²) in [6.07, 6.45) is 0. The number of nitrogens with zero attached hydrogens (tertiary/aromatic N) is 1. The summed E-state index contributed by atoms with van der Waals surface area (Å²) in [5, 5.41) is 2.55. The van der Waals surface area contributed by atoms with Gasteiger partial charge in [0.25, 0.3) is 0 Å². The molecule has 1 heteroatoms. The van der Waals surface area contributed by atoms with Gasteiger partial charge < -0.3 is 4.90 Å². The van der Waals surface area contributed by atoms with Gasteiger partial charge >= 0.3 is 0 Å². The van der Waals surface area contributed by atoms with Crippen molar-refractivity contribution >= 4 is 27.8 Å². The fourth-order valence-electron chi connectivity index (χ4n) is 13.2. The van der Waals surface area contributed by atoms with E-state index in [1.54, 1.807) is 0 Å². The number of fused-ring (bicyclic) bond motifs is 18. The van der Waals surface area contributed by atoms with Crippen LogP contribution in [0, 0.1) is 0 Å². The molecule has 0 N–H and O–H groups in total. The molecule has 312 valence electrons. The first-order valence-corrected chi connectivity index (χ1v) is 23.5. The molecule has 1 nitrogen and oxygen atoms in total. The first-order valence-electron chi connectivity index (χ1n) is 23.5. The predicted molar refractivity (Wildman–Crippen MR) is 275 cm³/mol. The lowest BCUT2D eigenvalue weighted by Crippen LogP contribution is -2.26. The second-order valence-corrected chi connectivity index (χ2v) is 20.0. The largest absolute Gasteiger partial charge is 0.310 e. The van der Waals surface area contributed by atoms with Crippen LogP contribution in [-0.2, 0) is 16.2 Å². The van der Waals surface area contributed by atoms with E-state index in [1.165, 1.54) is 117 Å². The van der Waals surface area contributed by atoms with Crippen LogP contribution in [0.4, 0.5) is 17.1 Å². The van der Waals surface area contributed by atoms with E-state index in [9.17, 15) is 0 Å². The third-order valence-electron chi connectivity index (χ3n) is 16.0. The van der Waals surface area contributed by atoms with Crippen LogP contribution in [-0.4, -0.2) is 0 Å². The van der Waals surface area contributed by atoms with Gasteiger partial charge in [0.15, 0.2) is 0 Å². The molecule has 1 spiro atoms. The molecular formula is C65H47N. The molecule has 14 rings (SSSR count). The molecule has 0 aromatic heterocycles. The highest BCUT2D eigenvalue weighted by Gasteiger charge is 2.52. The van der Waals surface area contributed by atoms with Gasteiger partial charge in [0.2, 0.25) is 0 Å². The minimum Gasteiger partial charge on any atom is -0.310 e. The molecule has 0 amide bonds. The van der Waals surface area contributed by atoms with E-state index in [2.05, 4.69) is 245 Å². The van der Waals surface area contributed by atoms with Crippen molar-refractivity contribution in [2.75, 3.05) is 4.90 Å². The summed E-state index contributed by atoms with van der Waals surface area (Å²) < 4.78 is 0. The van der Waals surface area contributed by atoms with Crippen LogP contribution >= 0.6 is 0 Å². The Hall–Kier alpha value is -7.74. The molecule has 0 fully saturated rings. The van der Waals surface area contributed by atoms with E-state index in [0.29, 0.717) is 0 Å². The second kappa shape index (κ2) is 13.2. The maximum absolute atomic E-state index is 2.59. The van der Waals surface area contributed by atoms with Crippen molar-refractivity contribution < 1.29 is 0 Å². The van der Waals surface area contributed by atoms with Gasteiger partial charge in [-0.05, 0) is 142 Å². The summed E-state index contributed by atoms with van der Waals surface area (Å²) in [5.41, 5.74) is 26.6. The molecule has 0 unspecified atom stereocenters. The molecule has 0 radical (unpaired) electrons. The summed E-state index contributed by atoms with van der Waals surface area (Å²) in [6, 6.07) is 80.7. The first kappa shape index (κ1) is 37.6. The molecule has 0 heterocycles. The number of hydrogen-bond acceptors (Lipinski definition) is 1. The topological polar surface area (TPSA) is 3.24 Å². The van der Waals surface area contributed by atoms with Crippen molar-refractivity contribution in [1.29, 1.82) is 0 Å². The van der Waals surface area contributed by atoms with Crippen LogP contribution < -0.4 is 4.90 Å². The Morgan fingerprint density at radius 2 is 0.758 bits per heavy atom. The van der Waals surface area contributed by atoms with Gasteiger partial charge in [-0.3, -0.25) is 0 Å². The van der Waals surface area contributed by atoms with Crippen molar-refractivity contribution in [3.63, 3.8) is 0 Å². The Morgan fingerprint density at radius 1 is 0.288 bits per heavy atom. The van der Waals surface area contributed by atoms with Gasteiger partial charge in [-0.2, -0.15) is 0 Å². The Balaban J connectivity index is 1.07. The average Bonchev–Trinajstić information content (AvgIpc) is 3.99. The lowest BCUT2D eigenvalue weighted by Gasteiger charge is -2.33. The van der Waals surface area contributed by atoms with Crippen LogP contribution in [0.15, 0.2) is 212 Å². The SMILES string of the molecule is CC1(C)c2ccccc2-c2ccc(N(c3ccc4c(c3)C3(c5ccccc5-c5ccccc53)c3ccccc3-4)c3cc4c(c5ccccc35)C(C)(C)c3ccc(-c5ccccc5)cc3-4)cc21. The zero-order valence-electron chi connectivity index (χ0n) is 37.7. The maximum atomic E-state index is 2.59. The Bertz CT molecular complexity index is 3650. The van der Waals surface area contributed by atoms with Gasteiger partial charge in [0.1, 0.15) is 0 Å². The Morgan fingerprint density at radius 3 is 1.38 bits per heavy atom. The van der Waals surface area contributed by atoms with E-state index in [1.807, 2.05) is 0 Å². The van der Waals surface area contributed by atoms with E-state index >= 15 is 0 Å². The third kappa shape index (κ3) is 4.75. The zero-order chi connectivity index (χ0) is 44.1. The third-order valence-corrected chi connectivity index (χ3v) is 16.0. The number of hydrogen-bond donors (Lipinski definition) is 0. The summed E-state index contributed by atoms with van der Waals surface area (Å²) in [7, 11) is 0. The molecule has 0 saturated carbocycles. The van der Waals surface area contributed by atoms with Gasteiger partial charge in [-0.25, -0.2) is 0 Å². The number of benzene rings is 10. The normalized spacial score (nSPS) is 15.3. The van der Waals surface area contributed by atoms with Crippen LogP contribution in [0.3, 0.4) is 0 Å². The Kier molecular flexibility index (Phi) is 7.51. The fraction of sp³-hybridized carbons (Fsp3) is 0.108. The van der Waals surface area contributed by atoms with Gasteiger partial charge in [-0.15, -0.1) is 0 Å². The molecule has 4 aliphatic carbocycles. The van der Waals surface area contributed by atoms with Gasteiger partial charge in [0, 0.05) is 27.6 Å².